The molecular formula is C65H119NO5. The van der Waals surface area contributed by atoms with E-state index in [0.29, 0.717) is 19.4 Å². The van der Waals surface area contributed by atoms with E-state index in [2.05, 4.69) is 67.8 Å². The second-order valence-electron chi connectivity index (χ2n) is 21.0. The van der Waals surface area contributed by atoms with Gasteiger partial charge >= 0.3 is 5.97 Å². The van der Waals surface area contributed by atoms with Crippen molar-refractivity contribution in [1.82, 2.24) is 5.32 Å². The van der Waals surface area contributed by atoms with Crippen LogP contribution in [-0.2, 0) is 14.3 Å². The number of aliphatic hydroxyl groups is 2. The largest absolute Gasteiger partial charge is 0.466 e. The van der Waals surface area contributed by atoms with Crippen LogP contribution < -0.4 is 5.32 Å². The number of rotatable bonds is 57. The SMILES string of the molecule is CCC/C=C\C/C=C\CCCCCCCC(=O)OCCCCCCCCCCC/C=C\C/C=C\CCCCCCCCCCCC(=O)NC(CO)C(O)/C=C/CCCCCCCCCCCCCCCC. The fraction of sp³-hybridized carbons (Fsp3) is 0.815. The van der Waals surface area contributed by atoms with E-state index < -0.39 is 12.1 Å². The number of aliphatic hydroxyl groups excluding tert-OH is 2. The van der Waals surface area contributed by atoms with E-state index in [4.69, 9.17) is 4.74 Å². The van der Waals surface area contributed by atoms with Crippen LogP contribution in [0.3, 0.4) is 0 Å². The fourth-order valence-electron chi connectivity index (χ4n) is 9.23. The molecule has 6 nitrogen and oxygen atoms in total. The van der Waals surface area contributed by atoms with Crippen LogP contribution >= 0.6 is 0 Å². The molecule has 0 bridgehead atoms. The predicted octanol–water partition coefficient (Wildman–Crippen LogP) is 19.5. The molecule has 414 valence electrons. The Kier molecular flexibility index (Phi) is 58.1. The summed E-state index contributed by atoms with van der Waals surface area (Å²) in [6, 6.07) is -0.634. The van der Waals surface area contributed by atoms with E-state index in [1.807, 2.05) is 6.08 Å². The topological polar surface area (TPSA) is 95.9 Å². The van der Waals surface area contributed by atoms with Gasteiger partial charge in [0.1, 0.15) is 0 Å². The minimum Gasteiger partial charge on any atom is -0.466 e. The van der Waals surface area contributed by atoms with E-state index in [9.17, 15) is 19.8 Å². The highest BCUT2D eigenvalue weighted by Gasteiger charge is 2.18. The van der Waals surface area contributed by atoms with Crippen molar-refractivity contribution >= 4 is 11.9 Å². The second kappa shape index (κ2) is 60.1. The maximum absolute atomic E-state index is 12.5. The summed E-state index contributed by atoms with van der Waals surface area (Å²) in [7, 11) is 0. The van der Waals surface area contributed by atoms with E-state index in [1.165, 1.54) is 231 Å². The van der Waals surface area contributed by atoms with Gasteiger partial charge in [0.2, 0.25) is 5.91 Å². The molecule has 0 radical (unpaired) electrons. The summed E-state index contributed by atoms with van der Waals surface area (Å²) in [5.41, 5.74) is 0. The number of carbonyl (C=O) groups excluding carboxylic acids is 2. The first-order valence-electron chi connectivity index (χ1n) is 31.1. The number of nitrogens with one attached hydrogen (secondary N) is 1. The smallest absolute Gasteiger partial charge is 0.305 e. The molecule has 0 aromatic heterocycles. The molecule has 0 heterocycles. The first kappa shape index (κ1) is 68.6. The first-order chi connectivity index (χ1) is 35.0. The van der Waals surface area contributed by atoms with Crippen LogP contribution in [0.15, 0.2) is 60.8 Å². The molecule has 0 saturated heterocycles. The zero-order valence-corrected chi connectivity index (χ0v) is 47.2. The number of hydrogen-bond donors (Lipinski definition) is 3. The van der Waals surface area contributed by atoms with Crippen LogP contribution in [0.1, 0.15) is 316 Å². The summed E-state index contributed by atoms with van der Waals surface area (Å²) in [5.74, 6) is -0.0813. The molecular weight excluding hydrogens is 875 g/mol. The Morgan fingerprint density at radius 3 is 1.13 bits per heavy atom. The standard InChI is InChI=1S/C65H119NO5/c1-3-5-7-9-11-13-15-17-18-30-34-37-41-45-49-53-57-63(68)62(61-67)66-64(69)58-54-50-46-42-38-35-31-28-26-24-22-20-19-21-23-25-27-29-32-36-40-44-48-52-56-60-71-65(70)59-55-51-47-43-39-33-16-14-12-10-8-6-4-2/h8,10,14,16,20-23,53,57,62-63,67-68H,3-7,9,11-13,15,17-19,24-52,54-56,58-61H2,1-2H3,(H,66,69)/b10-8-,16-14-,22-20-,23-21-,57-53+. The molecule has 2 atom stereocenters. The van der Waals surface area contributed by atoms with Crippen molar-refractivity contribution in [3.05, 3.63) is 60.8 Å². The summed E-state index contributed by atoms with van der Waals surface area (Å²) in [6.45, 7) is 4.83. The third kappa shape index (κ3) is 56.7. The third-order valence-electron chi connectivity index (χ3n) is 14.0. The first-order valence-corrected chi connectivity index (χ1v) is 31.1. The average Bonchev–Trinajstić information content (AvgIpc) is 3.37. The zero-order chi connectivity index (χ0) is 51.4. The molecule has 2 unspecified atom stereocenters. The Balaban J connectivity index is 3.47. The van der Waals surface area contributed by atoms with Gasteiger partial charge in [0.25, 0.3) is 0 Å². The van der Waals surface area contributed by atoms with Crippen molar-refractivity contribution in [1.29, 1.82) is 0 Å². The van der Waals surface area contributed by atoms with Gasteiger partial charge in [-0.3, -0.25) is 9.59 Å². The molecule has 3 N–H and O–H groups in total. The Morgan fingerprint density at radius 2 is 0.732 bits per heavy atom. The molecule has 0 aliphatic heterocycles. The lowest BCUT2D eigenvalue weighted by molar-refractivity contribution is -0.143. The van der Waals surface area contributed by atoms with E-state index in [-0.39, 0.29) is 18.5 Å². The van der Waals surface area contributed by atoms with Gasteiger partial charge in [0, 0.05) is 12.8 Å². The molecule has 0 aromatic rings. The van der Waals surface area contributed by atoms with E-state index in [0.717, 1.165) is 57.8 Å². The number of esters is 1. The minimum absolute atomic E-state index is 0.00746. The molecule has 1 amide bonds. The molecule has 71 heavy (non-hydrogen) atoms. The molecule has 6 heteroatoms. The second-order valence-corrected chi connectivity index (χ2v) is 21.0. The van der Waals surface area contributed by atoms with E-state index >= 15 is 0 Å². The van der Waals surface area contributed by atoms with Crippen molar-refractivity contribution < 1.29 is 24.5 Å². The lowest BCUT2D eigenvalue weighted by atomic mass is 10.0. The van der Waals surface area contributed by atoms with Gasteiger partial charge in [-0.05, 0) is 89.9 Å². The third-order valence-corrected chi connectivity index (χ3v) is 14.0. The molecule has 0 saturated carbocycles. The molecule has 0 aliphatic rings. The number of hydrogen-bond acceptors (Lipinski definition) is 5. The van der Waals surface area contributed by atoms with Crippen LogP contribution in [0.2, 0.25) is 0 Å². The fourth-order valence-corrected chi connectivity index (χ4v) is 9.23. The predicted molar refractivity (Wildman–Crippen MR) is 310 cm³/mol. The van der Waals surface area contributed by atoms with Gasteiger partial charge in [-0.25, -0.2) is 0 Å². The Bertz CT molecular complexity index is 1240. The van der Waals surface area contributed by atoms with Gasteiger partial charge in [0.05, 0.1) is 25.4 Å². The molecule has 0 fully saturated rings. The average molecular weight is 995 g/mol. The lowest BCUT2D eigenvalue weighted by Gasteiger charge is -2.20. The van der Waals surface area contributed by atoms with Crippen LogP contribution in [0.25, 0.3) is 0 Å². The molecule has 0 spiro atoms. The molecule has 0 aliphatic carbocycles. The van der Waals surface area contributed by atoms with Crippen molar-refractivity contribution in [2.24, 2.45) is 0 Å². The highest BCUT2D eigenvalue weighted by atomic mass is 16.5. The Labute approximate surface area is 441 Å². The summed E-state index contributed by atoms with van der Waals surface area (Å²) >= 11 is 0. The molecule has 0 aromatic carbocycles. The van der Waals surface area contributed by atoms with Gasteiger partial charge in [-0.2, -0.15) is 0 Å². The van der Waals surface area contributed by atoms with Crippen molar-refractivity contribution in [2.75, 3.05) is 13.2 Å². The Hall–Kier alpha value is -2.44. The summed E-state index contributed by atoms with van der Waals surface area (Å²) in [4.78, 5) is 24.5. The van der Waals surface area contributed by atoms with E-state index in [1.54, 1.807) is 6.08 Å². The summed E-state index contributed by atoms with van der Waals surface area (Å²) < 4.78 is 5.46. The number of carbonyl (C=O) groups is 2. The maximum atomic E-state index is 12.5. The number of allylic oxidation sites excluding steroid dienone is 9. The van der Waals surface area contributed by atoms with Crippen LogP contribution in [0.4, 0.5) is 0 Å². The number of ether oxygens (including phenoxy) is 1. The van der Waals surface area contributed by atoms with Gasteiger partial charge < -0.3 is 20.3 Å². The van der Waals surface area contributed by atoms with Crippen LogP contribution in [-0.4, -0.2) is 47.4 Å². The molecule has 0 rings (SSSR count). The summed E-state index contributed by atoms with van der Waals surface area (Å²) in [6.07, 6.45) is 78.3. The number of unbranched alkanes of at least 4 members (excludes halogenated alkanes) is 38. The van der Waals surface area contributed by atoms with Crippen molar-refractivity contribution in [2.45, 2.75) is 328 Å². The highest BCUT2D eigenvalue weighted by Crippen LogP contribution is 2.16. The summed E-state index contributed by atoms with van der Waals surface area (Å²) in [5, 5.41) is 23.1. The van der Waals surface area contributed by atoms with Crippen LogP contribution in [0, 0.1) is 0 Å². The maximum Gasteiger partial charge on any atom is 0.305 e. The normalized spacial score (nSPS) is 13.0. The van der Waals surface area contributed by atoms with Crippen molar-refractivity contribution in [3.8, 4) is 0 Å². The van der Waals surface area contributed by atoms with Gasteiger partial charge in [-0.1, -0.05) is 274 Å². The number of amides is 1. The zero-order valence-electron chi connectivity index (χ0n) is 47.2. The van der Waals surface area contributed by atoms with Gasteiger partial charge in [0.15, 0.2) is 0 Å². The lowest BCUT2D eigenvalue weighted by Crippen LogP contribution is -2.45. The highest BCUT2D eigenvalue weighted by molar-refractivity contribution is 5.76. The quantitative estimate of drug-likeness (QED) is 0.0321. The minimum atomic E-state index is -0.850. The van der Waals surface area contributed by atoms with Crippen molar-refractivity contribution in [3.63, 3.8) is 0 Å². The Morgan fingerprint density at radius 1 is 0.394 bits per heavy atom. The monoisotopic (exact) mass is 994 g/mol. The van der Waals surface area contributed by atoms with Gasteiger partial charge in [-0.15, -0.1) is 0 Å². The van der Waals surface area contributed by atoms with Crippen LogP contribution in [0.5, 0.6) is 0 Å².